The van der Waals surface area contributed by atoms with Crippen LogP contribution in [0.25, 0.3) is 10.9 Å². The van der Waals surface area contributed by atoms with Gasteiger partial charge in [-0.15, -0.1) is 0 Å². The molecule has 0 bridgehead atoms. The third-order valence-electron chi connectivity index (χ3n) is 5.94. The maximum atomic E-state index is 13.3. The van der Waals surface area contributed by atoms with Gasteiger partial charge in [-0.25, -0.2) is 19.7 Å². The minimum absolute atomic E-state index is 0.0175. The molecule has 0 aliphatic carbocycles. The molecule has 39 heavy (non-hydrogen) atoms. The van der Waals surface area contributed by atoms with E-state index in [2.05, 4.69) is 30.9 Å². The van der Waals surface area contributed by atoms with Crippen molar-refractivity contribution >= 4 is 40.4 Å². The van der Waals surface area contributed by atoms with Gasteiger partial charge < -0.3 is 15.4 Å². The van der Waals surface area contributed by atoms with Gasteiger partial charge in [-0.1, -0.05) is 6.07 Å². The number of para-hydroxylation sites is 1. The Balaban J connectivity index is 1.55. The van der Waals surface area contributed by atoms with Crippen molar-refractivity contribution in [2.75, 3.05) is 5.32 Å². The normalized spacial score (nSPS) is 15.6. The Labute approximate surface area is 223 Å². The van der Waals surface area contributed by atoms with Crippen LogP contribution in [-0.4, -0.2) is 48.9 Å². The highest BCUT2D eigenvalue weighted by atomic mass is 16.6. The topological polar surface area (TPSA) is 174 Å². The van der Waals surface area contributed by atoms with Gasteiger partial charge in [-0.2, -0.15) is 0 Å². The van der Waals surface area contributed by atoms with Crippen molar-refractivity contribution in [2.24, 2.45) is 0 Å². The van der Waals surface area contributed by atoms with E-state index in [0.717, 1.165) is 0 Å². The number of benzene rings is 1. The van der Waals surface area contributed by atoms with Gasteiger partial charge in [0.2, 0.25) is 11.8 Å². The molecule has 204 valence electrons. The summed E-state index contributed by atoms with van der Waals surface area (Å²) < 4.78 is 6.46. The number of carbonyl (C=O) groups is 4. The maximum absolute atomic E-state index is 13.3. The van der Waals surface area contributed by atoms with Crippen molar-refractivity contribution in [2.45, 2.75) is 65.6 Å². The van der Waals surface area contributed by atoms with E-state index in [-0.39, 0.29) is 47.6 Å². The summed E-state index contributed by atoms with van der Waals surface area (Å²) in [5, 5.41) is 7.79. The number of rotatable bonds is 5. The van der Waals surface area contributed by atoms with Crippen LogP contribution >= 0.6 is 0 Å². The van der Waals surface area contributed by atoms with E-state index in [1.54, 1.807) is 52.8 Å². The Hall–Kier alpha value is -4.68. The number of aryl methyl sites for hydroxylation is 2. The standard InChI is InChI=1S/C26H29N7O6/c1-13-16(11-27-19(29-13)12-28-25(38)39-26(3,4)5)22(35)31-17-8-6-7-15-21(17)30-14(2)33(24(15)37)18-9-10-20(34)32-23(18)36/h6-8,11,18H,9-10,12H2,1-5H3,(H,28,38)(H,31,35)(H,32,34,36). The summed E-state index contributed by atoms with van der Waals surface area (Å²) in [6.07, 6.45) is 1.05. The van der Waals surface area contributed by atoms with Crippen molar-refractivity contribution in [3.63, 3.8) is 0 Å². The zero-order chi connectivity index (χ0) is 28.5. The second-order valence-corrected chi connectivity index (χ2v) is 10.1. The number of ether oxygens (including phenoxy) is 1. The van der Waals surface area contributed by atoms with E-state index in [1.165, 1.54) is 10.8 Å². The summed E-state index contributed by atoms with van der Waals surface area (Å²) in [6, 6.07) is 3.91. The maximum Gasteiger partial charge on any atom is 0.408 e. The fourth-order valence-electron chi connectivity index (χ4n) is 4.20. The lowest BCUT2D eigenvalue weighted by atomic mass is 10.1. The van der Waals surface area contributed by atoms with Crippen molar-refractivity contribution < 1.29 is 23.9 Å². The lowest BCUT2D eigenvalue weighted by Crippen LogP contribution is -2.45. The van der Waals surface area contributed by atoms with Crippen LogP contribution in [0.1, 0.15) is 67.4 Å². The zero-order valence-corrected chi connectivity index (χ0v) is 22.2. The predicted octanol–water partition coefficient (Wildman–Crippen LogP) is 2.06. The molecule has 4 rings (SSSR count). The van der Waals surface area contributed by atoms with Crippen LogP contribution in [0.15, 0.2) is 29.2 Å². The van der Waals surface area contributed by atoms with Crippen molar-refractivity contribution in [3.8, 4) is 0 Å². The highest BCUT2D eigenvalue weighted by molar-refractivity contribution is 6.08. The fourth-order valence-corrected chi connectivity index (χ4v) is 4.20. The molecule has 2 aromatic heterocycles. The monoisotopic (exact) mass is 535 g/mol. The number of amides is 4. The van der Waals surface area contributed by atoms with Crippen LogP contribution in [0.5, 0.6) is 0 Å². The molecule has 3 aromatic rings. The molecule has 1 saturated heterocycles. The molecule has 0 saturated carbocycles. The number of hydrogen-bond acceptors (Lipinski definition) is 9. The number of nitrogens with zero attached hydrogens (tertiary/aromatic N) is 4. The van der Waals surface area contributed by atoms with Crippen LogP contribution in [0, 0.1) is 13.8 Å². The number of nitrogens with one attached hydrogen (secondary N) is 3. The van der Waals surface area contributed by atoms with Crippen LogP contribution < -0.4 is 21.5 Å². The first-order valence-electron chi connectivity index (χ1n) is 12.3. The Morgan fingerprint density at radius 2 is 1.90 bits per heavy atom. The molecule has 1 fully saturated rings. The molecular formula is C26H29N7O6. The number of piperidine rings is 1. The summed E-state index contributed by atoms with van der Waals surface area (Å²) in [6.45, 7) is 8.50. The summed E-state index contributed by atoms with van der Waals surface area (Å²) in [7, 11) is 0. The Morgan fingerprint density at radius 3 is 2.56 bits per heavy atom. The SMILES string of the molecule is Cc1nc(CNC(=O)OC(C)(C)C)ncc1C(=O)Nc1cccc2c(=O)n(C3CCC(=O)NC3=O)c(C)nc12. The molecule has 1 atom stereocenters. The smallest absolute Gasteiger partial charge is 0.408 e. The summed E-state index contributed by atoms with van der Waals surface area (Å²) in [5.41, 5.74) is 0.0339. The average Bonchev–Trinajstić information content (AvgIpc) is 2.83. The number of alkyl carbamates (subject to hydrolysis) is 1. The van der Waals surface area contributed by atoms with Crippen LogP contribution in [0.2, 0.25) is 0 Å². The number of anilines is 1. The molecule has 0 spiro atoms. The molecule has 13 heteroatoms. The number of hydrogen-bond donors (Lipinski definition) is 3. The van der Waals surface area contributed by atoms with Gasteiger partial charge in [-0.3, -0.25) is 29.1 Å². The lowest BCUT2D eigenvalue weighted by molar-refractivity contribution is -0.135. The molecule has 4 amide bonds. The first-order valence-corrected chi connectivity index (χ1v) is 12.3. The summed E-state index contributed by atoms with van der Waals surface area (Å²) in [5.74, 6) is -0.883. The minimum atomic E-state index is -0.853. The van der Waals surface area contributed by atoms with E-state index in [4.69, 9.17) is 4.74 Å². The molecule has 1 aliphatic rings. The molecular weight excluding hydrogens is 506 g/mol. The molecule has 1 aromatic carbocycles. The van der Waals surface area contributed by atoms with Crippen molar-refractivity contribution in [3.05, 3.63) is 57.7 Å². The van der Waals surface area contributed by atoms with Crippen LogP contribution in [0.4, 0.5) is 10.5 Å². The first kappa shape index (κ1) is 27.4. The number of aromatic nitrogens is 4. The third-order valence-corrected chi connectivity index (χ3v) is 5.94. The Morgan fingerprint density at radius 1 is 1.15 bits per heavy atom. The van der Waals surface area contributed by atoms with Gasteiger partial charge in [0.05, 0.1) is 28.9 Å². The van der Waals surface area contributed by atoms with Crippen molar-refractivity contribution in [1.82, 2.24) is 30.2 Å². The predicted molar refractivity (Wildman–Crippen MR) is 140 cm³/mol. The quantitative estimate of drug-likeness (QED) is 0.413. The second kappa shape index (κ2) is 10.6. The number of fused-ring (bicyclic) bond motifs is 1. The molecule has 1 unspecified atom stereocenters. The van der Waals surface area contributed by atoms with Gasteiger partial charge in [0.25, 0.3) is 11.5 Å². The van der Waals surface area contributed by atoms with Crippen molar-refractivity contribution in [1.29, 1.82) is 0 Å². The minimum Gasteiger partial charge on any atom is -0.444 e. The lowest BCUT2D eigenvalue weighted by Gasteiger charge is -2.24. The van der Waals surface area contributed by atoms with E-state index >= 15 is 0 Å². The molecule has 1 aliphatic heterocycles. The van der Waals surface area contributed by atoms with Gasteiger partial charge in [0.15, 0.2) is 0 Å². The van der Waals surface area contributed by atoms with Gasteiger partial charge in [-0.05, 0) is 53.2 Å². The van der Waals surface area contributed by atoms with Gasteiger partial charge >= 0.3 is 6.09 Å². The highest BCUT2D eigenvalue weighted by Gasteiger charge is 2.30. The average molecular weight is 536 g/mol. The summed E-state index contributed by atoms with van der Waals surface area (Å²) >= 11 is 0. The van der Waals surface area contributed by atoms with E-state index in [1.807, 2.05) is 0 Å². The zero-order valence-electron chi connectivity index (χ0n) is 22.2. The van der Waals surface area contributed by atoms with E-state index < -0.39 is 35.1 Å². The van der Waals surface area contributed by atoms with E-state index in [0.29, 0.717) is 17.2 Å². The molecule has 3 heterocycles. The van der Waals surface area contributed by atoms with Gasteiger partial charge in [0, 0.05) is 12.6 Å². The largest absolute Gasteiger partial charge is 0.444 e. The highest BCUT2D eigenvalue weighted by Crippen LogP contribution is 2.24. The van der Waals surface area contributed by atoms with Crippen LogP contribution in [-0.2, 0) is 20.9 Å². The van der Waals surface area contributed by atoms with Crippen LogP contribution in [0.3, 0.4) is 0 Å². The molecule has 13 nitrogen and oxygen atoms in total. The van der Waals surface area contributed by atoms with Gasteiger partial charge in [0.1, 0.15) is 28.8 Å². The van der Waals surface area contributed by atoms with E-state index in [9.17, 15) is 24.0 Å². The second-order valence-electron chi connectivity index (χ2n) is 10.1. The molecule has 3 N–H and O–H groups in total. The fraction of sp³-hybridized carbons (Fsp3) is 0.385. The molecule has 0 radical (unpaired) electrons. The first-order chi connectivity index (χ1) is 18.3. The number of carbonyl (C=O) groups excluding carboxylic acids is 4. The Bertz CT molecular complexity index is 1560. The number of imide groups is 1. The third kappa shape index (κ3) is 6.08. The summed E-state index contributed by atoms with van der Waals surface area (Å²) in [4.78, 5) is 75.2. The Kier molecular flexibility index (Phi) is 7.43.